The lowest BCUT2D eigenvalue weighted by atomic mass is 9.81. The van der Waals surface area contributed by atoms with E-state index >= 15 is 0 Å². The van der Waals surface area contributed by atoms with Crippen molar-refractivity contribution < 1.29 is 9.53 Å². The molecule has 1 aromatic rings. The number of nitrogens with one attached hydrogen (secondary N) is 1. The van der Waals surface area contributed by atoms with E-state index in [1.807, 2.05) is 6.07 Å². The Morgan fingerprint density at radius 2 is 1.86 bits per heavy atom. The molecule has 1 saturated carbocycles. The van der Waals surface area contributed by atoms with Crippen LogP contribution in [0.25, 0.3) is 0 Å². The van der Waals surface area contributed by atoms with Gasteiger partial charge in [-0.1, -0.05) is 49.6 Å². The highest BCUT2D eigenvalue weighted by atomic mass is 16.5. The Morgan fingerprint density at radius 1 is 1.09 bits per heavy atom. The zero-order valence-corrected chi connectivity index (χ0v) is 13.3. The summed E-state index contributed by atoms with van der Waals surface area (Å²) >= 11 is 0. The standard InChI is InChI=1S/C19H27NO2/c21-18(14-17-12-7-13-22-17)20-19(15-8-3-1-4-9-15)16-10-5-2-6-11-16/h1,3-4,8-9,16-17,19H,2,5-7,10-14H2,(H,20,21)/t17-,19-/m0/s1. The highest BCUT2D eigenvalue weighted by Gasteiger charge is 2.27. The molecule has 2 atom stereocenters. The number of amides is 1. The molecule has 1 heterocycles. The monoisotopic (exact) mass is 301 g/mol. The normalized spacial score (nSPS) is 24.1. The number of hydrogen-bond acceptors (Lipinski definition) is 2. The Morgan fingerprint density at radius 3 is 2.55 bits per heavy atom. The SMILES string of the molecule is O=C(C[C@@H]1CCCO1)N[C@@H](c1ccccc1)C1CCCCC1. The van der Waals surface area contributed by atoms with Crippen molar-refractivity contribution >= 4 is 5.91 Å². The molecule has 0 radical (unpaired) electrons. The largest absolute Gasteiger partial charge is 0.378 e. The fourth-order valence-electron chi connectivity index (χ4n) is 3.85. The van der Waals surface area contributed by atoms with Gasteiger partial charge in [0.15, 0.2) is 0 Å². The Kier molecular flexibility index (Phi) is 5.49. The van der Waals surface area contributed by atoms with E-state index in [0.717, 1.165) is 19.4 Å². The average molecular weight is 301 g/mol. The van der Waals surface area contributed by atoms with Crippen LogP contribution in [-0.4, -0.2) is 18.6 Å². The molecule has 0 spiro atoms. The molecule has 0 aromatic heterocycles. The molecule has 2 fully saturated rings. The van der Waals surface area contributed by atoms with Gasteiger partial charge >= 0.3 is 0 Å². The van der Waals surface area contributed by atoms with E-state index in [1.54, 1.807) is 0 Å². The van der Waals surface area contributed by atoms with Crippen LogP contribution in [0, 0.1) is 5.92 Å². The molecule has 3 nitrogen and oxygen atoms in total. The molecule has 1 saturated heterocycles. The van der Waals surface area contributed by atoms with Crippen LogP contribution < -0.4 is 5.32 Å². The molecule has 22 heavy (non-hydrogen) atoms. The third-order valence-electron chi connectivity index (χ3n) is 5.03. The molecule has 0 unspecified atom stereocenters. The topological polar surface area (TPSA) is 38.3 Å². The predicted molar refractivity (Wildman–Crippen MR) is 87.5 cm³/mol. The van der Waals surface area contributed by atoms with Gasteiger partial charge in [-0.3, -0.25) is 4.79 Å². The van der Waals surface area contributed by atoms with Crippen LogP contribution in [0.4, 0.5) is 0 Å². The molecule has 1 aliphatic heterocycles. The molecule has 1 N–H and O–H groups in total. The first kappa shape index (κ1) is 15.5. The van der Waals surface area contributed by atoms with Gasteiger partial charge in [0.25, 0.3) is 0 Å². The Bertz CT molecular complexity index is 462. The van der Waals surface area contributed by atoms with Crippen LogP contribution in [0.2, 0.25) is 0 Å². The second-order valence-corrected chi connectivity index (χ2v) is 6.69. The van der Waals surface area contributed by atoms with E-state index < -0.39 is 0 Å². The smallest absolute Gasteiger partial charge is 0.223 e. The Balaban J connectivity index is 1.66. The first-order chi connectivity index (χ1) is 10.8. The van der Waals surface area contributed by atoms with Gasteiger partial charge in [0, 0.05) is 6.61 Å². The maximum atomic E-state index is 12.4. The number of carbonyl (C=O) groups excluding carboxylic acids is 1. The zero-order chi connectivity index (χ0) is 15.2. The van der Waals surface area contributed by atoms with Crippen LogP contribution in [0.1, 0.15) is 63.0 Å². The van der Waals surface area contributed by atoms with Gasteiger partial charge in [-0.2, -0.15) is 0 Å². The van der Waals surface area contributed by atoms with Gasteiger partial charge in [-0.15, -0.1) is 0 Å². The summed E-state index contributed by atoms with van der Waals surface area (Å²) in [5.74, 6) is 0.718. The fraction of sp³-hybridized carbons (Fsp3) is 0.632. The zero-order valence-electron chi connectivity index (χ0n) is 13.3. The second kappa shape index (κ2) is 7.77. The van der Waals surface area contributed by atoms with Crippen LogP contribution in [0.3, 0.4) is 0 Å². The van der Waals surface area contributed by atoms with Crippen molar-refractivity contribution in [3.63, 3.8) is 0 Å². The minimum absolute atomic E-state index is 0.128. The Labute approximate surface area is 133 Å². The van der Waals surface area contributed by atoms with Gasteiger partial charge in [0.1, 0.15) is 0 Å². The molecule has 0 bridgehead atoms. The van der Waals surface area contributed by atoms with Gasteiger partial charge in [-0.25, -0.2) is 0 Å². The predicted octanol–water partition coefficient (Wildman–Crippen LogP) is 3.99. The molecule has 1 aliphatic carbocycles. The van der Waals surface area contributed by atoms with E-state index in [4.69, 9.17) is 4.74 Å². The van der Waals surface area contributed by atoms with Crippen LogP contribution >= 0.6 is 0 Å². The fourth-order valence-corrected chi connectivity index (χ4v) is 3.85. The summed E-state index contributed by atoms with van der Waals surface area (Å²) in [6, 6.07) is 10.6. The molecular weight excluding hydrogens is 274 g/mol. The number of rotatable bonds is 5. The maximum Gasteiger partial charge on any atom is 0.223 e. The third-order valence-corrected chi connectivity index (χ3v) is 5.03. The molecule has 120 valence electrons. The summed E-state index contributed by atoms with van der Waals surface area (Å²) in [5.41, 5.74) is 1.25. The maximum absolute atomic E-state index is 12.4. The van der Waals surface area contributed by atoms with Gasteiger partial charge in [-0.05, 0) is 37.2 Å². The number of carbonyl (C=O) groups is 1. The molecular formula is C19H27NO2. The van der Waals surface area contributed by atoms with E-state index in [2.05, 4.69) is 29.6 Å². The summed E-state index contributed by atoms with van der Waals surface area (Å²) in [6.07, 6.45) is 9.10. The van der Waals surface area contributed by atoms with Crippen molar-refractivity contribution in [3.05, 3.63) is 35.9 Å². The van der Waals surface area contributed by atoms with Crippen molar-refractivity contribution in [2.45, 2.75) is 63.5 Å². The number of benzene rings is 1. The highest BCUT2D eigenvalue weighted by molar-refractivity contribution is 5.77. The molecule has 3 rings (SSSR count). The van der Waals surface area contributed by atoms with E-state index in [-0.39, 0.29) is 18.1 Å². The van der Waals surface area contributed by atoms with Crippen molar-refractivity contribution in [1.29, 1.82) is 0 Å². The summed E-state index contributed by atoms with van der Waals surface area (Å²) in [5, 5.41) is 3.31. The van der Waals surface area contributed by atoms with E-state index in [0.29, 0.717) is 12.3 Å². The second-order valence-electron chi connectivity index (χ2n) is 6.69. The quantitative estimate of drug-likeness (QED) is 0.893. The van der Waals surface area contributed by atoms with Crippen LogP contribution in [0.5, 0.6) is 0 Å². The van der Waals surface area contributed by atoms with E-state index in [1.165, 1.54) is 37.7 Å². The van der Waals surface area contributed by atoms with Crippen molar-refractivity contribution in [2.75, 3.05) is 6.61 Å². The van der Waals surface area contributed by atoms with Crippen molar-refractivity contribution in [3.8, 4) is 0 Å². The Hall–Kier alpha value is -1.35. The van der Waals surface area contributed by atoms with E-state index in [9.17, 15) is 4.79 Å². The third kappa shape index (κ3) is 4.10. The van der Waals surface area contributed by atoms with Gasteiger partial charge in [0.2, 0.25) is 5.91 Å². The van der Waals surface area contributed by atoms with Crippen LogP contribution in [-0.2, 0) is 9.53 Å². The first-order valence-corrected chi connectivity index (χ1v) is 8.79. The molecule has 1 amide bonds. The summed E-state index contributed by atoms with van der Waals surface area (Å²) in [6.45, 7) is 0.808. The lowest BCUT2D eigenvalue weighted by Crippen LogP contribution is -2.36. The van der Waals surface area contributed by atoms with Gasteiger partial charge < -0.3 is 10.1 Å². The van der Waals surface area contributed by atoms with Crippen molar-refractivity contribution in [2.24, 2.45) is 5.92 Å². The van der Waals surface area contributed by atoms with Gasteiger partial charge in [0.05, 0.1) is 18.6 Å². The average Bonchev–Trinajstić information content (AvgIpc) is 3.07. The molecule has 1 aromatic carbocycles. The number of ether oxygens (including phenoxy) is 1. The molecule has 2 aliphatic rings. The summed E-state index contributed by atoms with van der Waals surface area (Å²) in [7, 11) is 0. The first-order valence-electron chi connectivity index (χ1n) is 8.79. The lowest BCUT2D eigenvalue weighted by Gasteiger charge is -2.31. The lowest BCUT2D eigenvalue weighted by molar-refractivity contribution is -0.124. The number of hydrogen-bond donors (Lipinski definition) is 1. The minimum atomic E-state index is 0.128. The summed E-state index contributed by atoms with van der Waals surface area (Å²) in [4.78, 5) is 12.4. The minimum Gasteiger partial charge on any atom is -0.378 e. The molecule has 3 heteroatoms. The summed E-state index contributed by atoms with van der Waals surface area (Å²) < 4.78 is 5.60. The highest BCUT2D eigenvalue weighted by Crippen LogP contribution is 2.34. The van der Waals surface area contributed by atoms with Crippen molar-refractivity contribution in [1.82, 2.24) is 5.32 Å². The van der Waals surface area contributed by atoms with Crippen LogP contribution in [0.15, 0.2) is 30.3 Å².